The van der Waals surface area contributed by atoms with E-state index in [0.717, 1.165) is 17.8 Å². The van der Waals surface area contributed by atoms with Gasteiger partial charge in [-0.05, 0) is 37.0 Å². The molecule has 2 aromatic rings. The summed E-state index contributed by atoms with van der Waals surface area (Å²) in [5, 5.41) is 14.8. The number of benzene rings is 2. The van der Waals surface area contributed by atoms with Gasteiger partial charge in [-0.2, -0.15) is 0 Å². The van der Waals surface area contributed by atoms with E-state index in [1.54, 1.807) is 17.0 Å². The molecule has 0 aromatic heterocycles. The minimum atomic E-state index is -0.706. The van der Waals surface area contributed by atoms with E-state index in [0.29, 0.717) is 42.5 Å². The zero-order valence-electron chi connectivity index (χ0n) is 16.8. The molecule has 1 N–H and O–H groups in total. The van der Waals surface area contributed by atoms with Crippen molar-refractivity contribution in [1.82, 2.24) is 0 Å². The Hall–Kier alpha value is -3.48. The molecule has 2 aliphatic rings. The second kappa shape index (κ2) is 8.10. The number of para-hydroxylation sites is 2. The summed E-state index contributed by atoms with van der Waals surface area (Å²) in [5.74, 6) is -0.141. The highest BCUT2D eigenvalue weighted by Gasteiger charge is 2.39. The molecule has 1 aliphatic carbocycles. The number of non-ortho nitro benzene ring substituents is 1. The van der Waals surface area contributed by atoms with Crippen molar-refractivity contribution in [2.24, 2.45) is 0 Å². The predicted molar refractivity (Wildman–Crippen MR) is 114 cm³/mol. The Morgan fingerprint density at radius 2 is 2.00 bits per heavy atom. The number of Topliss-reactive ketones (excluding diaryl/α,β-unsaturated/α-hetero) is 1. The van der Waals surface area contributed by atoms with Gasteiger partial charge in [0.1, 0.15) is 0 Å². The molecular weight excluding hydrogens is 382 g/mol. The van der Waals surface area contributed by atoms with Crippen LogP contribution in [0.25, 0.3) is 0 Å². The third kappa shape index (κ3) is 3.47. The number of rotatable bonds is 4. The third-order valence-electron chi connectivity index (χ3n) is 5.57. The topological polar surface area (TPSA) is 92.6 Å². The Bertz CT molecular complexity index is 1060. The number of carbonyl (C=O) groups excluding carboxylic acids is 2. The number of allylic oxidation sites excluding steroid dienone is 1. The second-order valence-electron chi connectivity index (χ2n) is 7.58. The minimum Gasteiger partial charge on any atom is -0.357 e. The van der Waals surface area contributed by atoms with Crippen LogP contribution in [0.15, 0.2) is 59.8 Å². The third-order valence-corrected chi connectivity index (χ3v) is 5.57. The average Bonchev–Trinajstić information content (AvgIpc) is 2.89. The largest absolute Gasteiger partial charge is 0.357 e. The lowest BCUT2D eigenvalue weighted by Gasteiger charge is -2.33. The minimum absolute atomic E-state index is 0.0256. The molecule has 154 valence electrons. The van der Waals surface area contributed by atoms with Crippen LogP contribution in [0.4, 0.5) is 17.1 Å². The SMILES string of the molecule is CCCC(=O)N1c2ccccc2NC2=C(C(=O)CCC2)[C@H]1c1cccc([N+](=O)[O-])c1. The van der Waals surface area contributed by atoms with Crippen molar-refractivity contribution in [2.45, 2.75) is 45.1 Å². The highest BCUT2D eigenvalue weighted by molar-refractivity contribution is 6.06. The molecule has 0 saturated heterocycles. The molecule has 0 saturated carbocycles. The number of hydrogen-bond donors (Lipinski definition) is 1. The number of nitro benzene ring substituents is 1. The summed E-state index contributed by atoms with van der Waals surface area (Å²) in [6, 6.07) is 13.0. The predicted octanol–water partition coefficient (Wildman–Crippen LogP) is 4.90. The fourth-order valence-corrected chi connectivity index (χ4v) is 4.27. The number of nitrogens with one attached hydrogen (secondary N) is 1. The van der Waals surface area contributed by atoms with Crippen molar-refractivity contribution >= 4 is 28.8 Å². The average molecular weight is 405 g/mol. The zero-order valence-corrected chi connectivity index (χ0v) is 16.8. The molecule has 0 spiro atoms. The van der Waals surface area contributed by atoms with Crippen LogP contribution < -0.4 is 10.2 Å². The summed E-state index contributed by atoms with van der Waals surface area (Å²) in [4.78, 5) is 39.0. The summed E-state index contributed by atoms with van der Waals surface area (Å²) in [5.41, 5.74) is 3.26. The molecule has 7 nitrogen and oxygen atoms in total. The Morgan fingerprint density at radius 1 is 1.20 bits per heavy atom. The van der Waals surface area contributed by atoms with Crippen molar-refractivity contribution in [3.05, 3.63) is 75.5 Å². The molecule has 1 heterocycles. The van der Waals surface area contributed by atoms with E-state index in [9.17, 15) is 19.7 Å². The number of hydrogen-bond acceptors (Lipinski definition) is 5. The van der Waals surface area contributed by atoms with E-state index in [4.69, 9.17) is 0 Å². The van der Waals surface area contributed by atoms with Gasteiger partial charge in [0.15, 0.2) is 5.78 Å². The first-order chi connectivity index (χ1) is 14.5. The lowest BCUT2D eigenvalue weighted by Crippen LogP contribution is -2.37. The Morgan fingerprint density at radius 3 is 2.77 bits per heavy atom. The normalized spacial score (nSPS) is 18.2. The van der Waals surface area contributed by atoms with Crippen molar-refractivity contribution in [3.8, 4) is 0 Å². The lowest BCUT2D eigenvalue weighted by atomic mass is 9.85. The van der Waals surface area contributed by atoms with Crippen molar-refractivity contribution in [1.29, 1.82) is 0 Å². The number of anilines is 2. The first-order valence-corrected chi connectivity index (χ1v) is 10.2. The molecule has 0 fully saturated rings. The van der Waals surface area contributed by atoms with E-state index in [-0.39, 0.29) is 17.4 Å². The number of nitrogens with zero attached hydrogens (tertiary/aromatic N) is 2. The summed E-state index contributed by atoms with van der Waals surface area (Å²) in [7, 11) is 0. The fourth-order valence-electron chi connectivity index (χ4n) is 4.27. The molecule has 0 bridgehead atoms. The first-order valence-electron chi connectivity index (χ1n) is 10.2. The summed E-state index contributed by atoms with van der Waals surface area (Å²) in [6.07, 6.45) is 2.80. The van der Waals surface area contributed by atoms with Crippen LogP contribution in [0.3, 0.4) is 0 Å². The van der Waals surface area contributed by atoms with Gasteiger partial charge in [-0.1, -0.05) is 31.2 Å². The Kier molecular flexibility index (Phi) is 5.35. The molecule has 1 amide bonds. The summed E-state index contributed by atoms with van der Waals surface area (Å²) >= 11 is 0. The molecule has 1 aliphatic heterocycles. The van der Waals surface area contributed by atoms with Gasteiger partial charge < -0.3 is 5.32 Å². The van der Waals surface area contributed by atoms with Gasteiger partial charge in [-0.15, -0.1) is 0 Å². The number of amides is 1. The maximum absolute atomic E-state index is 13.3. The van der Waals surface area contributed by atoms with Gasteiger partial charge in [-0.25, -0.2) is 0 Å². The Labute approximate surface area is 174 Å². The van der Waals surface area contributed by atoms with Gasteiger partial charge in [0, 0.05) is 36.2 Å². The van der Waals surface area contributed by atoms with E-state index in [2.05, 4.69) is 5.32 Å². The van der Waals surface area contributed by atoms with Crippen molar-refractivity contribution in [3.63, 3.8) is 0 Å². The Balaban J connectivity index is 1.99. The van der Waals surface area contributed by atoms with Crippen molar-refractivity contribution in [2.75, 3.05) is 10.2 Å². The van der Waals surface area contributed by atoms with Gasteiger partial charge in [-0.3, -0.25) is 24.6 Å². The van der Waals surface area contributed by atoms with E-state index >= 15 is 0 Å². The number of nitro groups is 1. The number of ketones is 1. The van der Waals surface area contributed by atoms with E-state index in [1.807, 2.05) is 31.2 Å². The molecular formula is C23H23N3O4. The van der Waals surface area contributed by atoms with E-state index in [1.165, 1.54) is 12.1 Å². The number of fused-ring (bicyclic) bond motifs is 1. The lowest BCUT2D eigenvalue weighted by molar-refractivity contribution is -0.384. The fraction of sp³-hybridized carbons (Fsp3) is 0.304. The van der Waals surface area contributed by atoms with Crippen LogP contribution in [0.2, 0.25) is 0 Å². The van der Waals surface area contributed by atoms with E-state index < -0.39 is 11.0 Å². The molecule has 7 heteroatoms. The maximum atomic E-state index is 13.3. The van der Waals surface area contributed by atoms with Crippen molar-refractivity contribution < 1.29 is 14.5 Å². The van der Waals surface area contributed by atoms with Gasteiger partial charge in [0.25, 0.3) is 5.69 Å². The molecule has 2 aromatic carbocycles. The highest BCUT2D eigenvalue weighted by atomic mass is 16.6. The zero-order chi connectivity index (χ0) is 21.3. The first kappa shape index (κ1) is 19.8. The van der Waals surface area contributed by atoms with Gasteiger partial charge in [0.2, 0.25) is 5.91 Å². The van der Waals surface area contributed by atoms with Crippen LogP contribution in [0.1, 0.15) is 50.6 Å². The molecule has 30 heavy (non-hydrogen) atoms. The van der Waals surface area contributed by atoms with Crippen LogP contribution >= 0.6 is 0 Å². The molecule has 1 atom stereocenters. The number of carbonyl (C=O) groups is 2. The second-order valence-corrected chi connectivity index (χ2v) is 7.58. The maximum Gasteiger partial charge on any atom is 0.269 e. The van der Waals surface area contributed by atoms with Crippen LogP contribution in [0, 0.1) is 10.1 Å². The molecule has 0 radical (unpaired) electrons. The molecule has 4 rings (SSSR count). The smallest absolute Gasteiger partial charge is 0.269 e. The molecule has 0 unspecified atom stereocenters. The van der Waals surface area contributed by atoms with Crippen LogP contribution in [0.5, 0.6) is 0 Å². The summed E-state index contributed by atoms with van der Waals surface area (Å²) < 4.78 is 0. The quantitative estimate of drug-likeness (QED) is 0.577. The highest BCUT2D eigenvalue weighted by Crippen LogP contribution is 2.45. The summed E-state index contributed by atoms with van der Waals surface area (Å²) in [6.45, 7) is 1.93. The van der Waals surface area contributed by atoms with Gasteiger partial charge in [0.05, 0.1) is 22.3 Å². The standard InChI is InChI=1S/C23H23N3O4/c1-2-7-21(28)25-19-12-4-3-10-17(19)24-18-11-6-13-20(27)22(18)23(25)15-8-5-9-16(14-15)26(29)30/h3-5,8-10,12,14,23-24H,2,6-7,11,13H2,1H3/t23-/m1/s1. The van der Waals surface area contributed by atoms with Gasteiger partial charge >= 0.3 is 0 Å². The van der Waals surface area contributed by atoms with Crippen LogP contribution in [-0.4, -0.2) is 16.6 Å². The van der Waals surface area contributed by atoms with Crippen LogP contribution in [-0.2, 0) is 9.59 Å². The monoisotopic (exact) mass is 405 g/mol.